The maximum Gasteiger partial charge on any atom is -0.000884 e. The van der Waals surface area contributed by atoms with Crippen LogP contribution in [0.25, 0.3) is 32.7 Å². The van der Waals surface area contributed by atoms with Crippen molar-refractivity contribution in [2.24, 2.45) is 0 Å². The van der Waals surface area contributed by atoms with Gasteiger partial charge in [-0.25, -0.2) is 0 Å². The molecule has 0 nitrogen and oxygen atoms in total. The van der Waals surface area contributed by atoms with Crippen LogP contribution in [-0.4, -0.2) is 0 Å². The van der Waals surface area contributed by atoms with Gasteiger partial charge in [-0.3, -0.25) is 0 Å². The van der Waals surface area contributed by atoms with Gasteiger partial charge in [0.05, 0.1) is 0 Å². The van der Waals surface area contributed by atoms with Gasteiger partial charge in [-0.1, -0.05) is 192 Å². The molecule has 50 heavy (non-hydrogen) atoms. The minimum Gasteiger partial charge on any atom is -0.0616 e. The van der Waals surface area contributed by atoms with Crippen molar-refractivity contribution in [1.82, 2.24) is 0 Å². The SMILES string of the molecule is Cc1ccc(P(c2cccc(C)c2)c2ccc3ccccc3c2-c2c(P(c3ccc(C)cc3)c3cccc(C)c3)ccc3ccccc23)cc1. The van der Waals surface area contributed by atoms with Crippen molar-refractivity contribution in [1.29, 1.82) is 0 Å². The molecule has 0 fully saturated rings. The first-order chi connectivity index (χ1) is 24.4. The van der Waals surface area contributed by atoms with Crippen LogP contribution in [0.4, 0.5) is 0 Å². The van der Waals surface area contributed by atoms with Crippen molar-refractivity contribution in [3.63, 3.8) is 0 Å². The molecule has 2 atom stereocenters. The van der Waals surface area contributed by atoms with Gasteiger partial charge in [0.15, 0.2) is 0 Å². The molecule has 0 aromatic heterocycles. The molecular weight excluding hydrogens is 638 g/mol. The number of hydrogen-bond acceptors (Lipinski definition) is 0. The van der Waals surface area contributed by atoms with Crippen molar-refractivity contribution in [3.05, 3.63) is 192 Å². The molecule has 0 saturated carbocycles. The summed E-state index contributed by atoms with van der Waals surface area (Å²) in [5.74, 6) is 0. The lowest BCUT2D eigenvalue weighted by molar-refractivity contribution is 1.49. The molecule has 0 aliphatic carbocycles. The highest BCUT2D eigenvalue weighted by Gasteiger charge is 2.28. The second kappa shape index (κ2) is 13.8. The molecule has 0 radical (unpaired) electrons. The smallest absolute Gasteiger partial charge is 0.000884 e. The van der Waals surface area contributed by atoms with E-state index in [1.807, 2.05) is 0 Å². The third-order valence-electron chi connectivity index (χ3n) is 9.65. The Kier molecular flexibility index (Phi) is 8.93. The zero-order valence-electron chi connectivity index (χ0n) is 29.1. The minimum atomic E-state index is -0.890. The maximum absolute atomic E-state index is 2.44. The van der Waals surface area contributed by atoms with Crippen LogP contribution in [0.15, 0.2) is 170 Å². The molecule has 0 bridgehead atoms. The molecule has 2 heteroatoms. The van der Waals surface area contributed by atoms with Gasteiger partial charge in [-0.2, -0.15) is 0 Å². The number of aryl methyl sites for hydroxylation is 4. The second-order valence-corrected chi connectivity index (χ2v) is 17.8. The molecule has 0 heterocycles. The van der Waals surface area contributed by atoms with Gasteiger partial charge in [0.25, 0.3) is 0 Å². The van der Waals surface area contributed by atoms with Crippen molar-refractivity contribution in [2.75, 3.05) is 0 Å². The molecule has 0 aliphatic rings. The van der Waals surface area contributed by atoms with Gasteiger partial charge < -0.3 is 0 Å². The molecule has 8 aromatic rings. The fraction of sp³-hybridized carbons (Fsp3) is 0.0833. The van der Waals surface area contributed by atoms with Crippen LogP contribution in [0.2, 0.25) is 0 Å². The van der Waals surface area contributed by atoms with Crippen LogP contribution in [0, 0.1) is 27.7 Å². The number of hydrogen-bond donors (Lipinski definition) is 0. The van der Waals surface area contributed by atoms with Crippen LogP contribution < -0.4 is 31.8 Å². The van der Waals surface area contributed by atoms with Gasteiger partial charge in [-0.05, 0) is 108 Å². The molecule has 0 spiro atoms. The number of rotatable bonds is 7. The van der Waals surface area contributed by atoms with Crippen molar-refractivity contribution in [2.45, 2.75) is 27.7 Å². The lowest BCUT2D eigenvalue weighted by Crippen LogP contribution is -2.26. The number of benzene rings is 8. The normalized spacial score (nSPS) is 12.6. The van der Waals surface area contributed by atoms with Crippen molar-refractivity contribution >= 4 is 69.2 Å². The fourth-order valence-corrected chi connectivity index (χ4v) is 12.3. The average molecular weight is 679 g/mol. The van der Waals surface area contributed by atoms with Crippen molar-refractivity contribution < 1.29 is 0 Å². The van der Waals surface area contributed by atoms with Gasteiger partial charge in [0.2, 0.25) is 0 Å². The van der Waals surface area contributed by atoms with E-state index in [0.29, 0.717) is 0 Å². The highest BCUT2D eigenvalue weighted by molar-refractivity contribution is 7.80. The molecule has 8 aromatic carbocycles. The van der Waals surface area contributed by atoms with Crippen LogP contribution in [0.5, 0.6) is 0 Å². The van der Waals surface area contributed by atoms with E-state index in [4.69, 9.17) is 0 Å². The van der Waals surface area contributed by atoms with E-state index in [1.165, 1.54) is 86.8 Å². The fourth-order valence-electron chi connectivity index (χ4n) is 7.19. The molecule has 8 rings (SSSR count). The monoisotopic (exact) mass is 678 g/mol. The third-order valence-corrected chi connectivity index (χ3v) is 14.6. The maximum atomic E-state index is 2.44. The van der Waals surface area contributed by atoms with Crippen LogP contribution in [-0.2, 0) is 0 Å². The molecule has 0 N–H and O–H groups in total. The second-order valence-electron chi connectivity index (χ2n) is 13.4. The Balaban J connectivity index is 1.53. The lowest BCUT2D eigenvalue weighted by atomic mass is 9.93. The Labute approximate surface area is 299 Å². The van der Waals surface area contributed by atoms with E-state index in [9.17, 15) is 0 Å². The summed E-state index contributed by atoms with van der Waals surface area (Å²) >= 11 is 0. The Morgan fingerprint density at radius 3 is 1.10 bits per heavy atom. The Bertz CT molecular complexity index is 2300. The van der Waals surface area contributed by atoms with Crippen LogP contribution >= 0.6 is 15.8 Å². The van der Waals surface area contributed by atoms with Gasteiger partial charge in [-0.15, -0.1) is 0 Å². The Hall–Kier alpha value is -4.86. The molecule has 0 saturated heterocycles. The van der Waals surface area contributed by atoms with E-state index in [1.54, 1.807) is 0 Å². The average Bonchev–Trinajstić information content (AvgIpc) is 3.13. The molecular formula is C48H40P2. The highest BCUT2D eigenvalue weighted by atomic mass is 31.1. The van der Waals surface area contributed by atoms with Gasteiger partial charge >= 0.3 is 0 Å². The Morgan fingerprint density at radius 1 is 0.300 bits per heavy atom. The first-order valence-electron chi connectivity index (χ1n) is 17.4. The molecule has 242 valence electrons. The minimum absolute atomic E-state index is 0.890. The summed E-state index contributed by atoms with van der Waals surface area (Å²) in [5, 5.41) is 13.4. The topological polar surface area (TPSA) is 0 Å². The standard InChI is InChI=1S/C48H40P2/c1-33-19-25-39(26-20-33)49(41-15-9-11-35(3)31-41)45-29-23-37-13-5-7-17-43(37)47(45)48-44-18-8-6-14-38(44)24-30-46(48)50(40-27-21-34(2)22-28-40)42-16-10-12-36(4)32-42/h5-32H,1-4H3. The number of fused-ring (bicyclic) bond motifs is 2. The van der Waals surface area contributed by atoms with Gasteiger partial charge in [0.1, 0.15) is 0 Å². The van der Waals surface area contributed by atoms with E-state index in [2.05, 4.69) is 198 Å². The highest BCUT2D eigenvalue weighted by Crippen LogP contribution is 2.45. The first-order valence-corrected chi connectivity index (χ1v) is 20.0. The predicted molar refractivity (Wildman–Crippen MR) is 223 cm³/mol. The summed E-state index contributed by atoms with van der Waals surface area (Å²) in [7, 11) is -1.78. The summed E-state index contributed by atoms with van der Waals surface area (Å²) in [6, 6.07) is 64.5. The van der Waals surface area contributed by atoms with E-state index in [-0.39, 0.29) is 0 Å². The molecule has 0 amide bonds. The quantitative estimate of drug-likeness (QED) is 0.147. The zero-order chi connectivity index (χ0) is 34.2. The van der Waals surface area contributed by atoms with Crippen LogP contribution in [0.3, 0.4) is 0 Å². The summed E-state index contributed by atoms with van der Waals surface area (Å²) in [6.07, 6.45) is 0. The van der Waals surface area contributed by atoms with Gasteiger partial charge in [0, 0.05) is 0 Å². The largest absolute Gasteiger partial charge is 0.0616 e. The first kappa shape index (κ1) is 32.4. The van der Waals surface area contributed by atoms with Crippen molar-refractivity contribution in [3.8, 4) is 11.1 Å². The zero-order valence-corrected chi connectivity index (χ0v) is 30.8. The van der Waals surface area contributed by atoms with Crippen LogP contribution in [0.1, 0.15) is 22.3 Å². The van der Waals surface area contributed by atoms with E-state index in [0.717, 1.165) is 0 Å². The van der Waals surface area contributed by atoms with E-state index < -0.39 is 15.8 Å². The Morgan fingerprint density at radius 2 is 0.700 bits per heavy atom. The molecule has 2 unspecified atom stereocenters. The summed E-state index contributed by atoms with van der Waals surface area (Å²) in [5.41, 5.74) is 7.86. The predicted octanol–water partition coefficient (Wildman–Crippen LogP) is 10.4. The summed E-state index contributed by atoms with van der Waals surface area (Å²) in [6.45, 7) is 8.79. The molecule has 0 aliphatic heterocycles. The third kappa shape index (κ3) is 6.20. The summed E-state index contributed by atoms with van der Waals surface area (Å²) < 4.78 is 0. The summed E-state index contributed by atoms with van der Waals surface area (Å²) in [4.78, 5) is 0. The lowest BCUT2D eigenvalue weighted by Gasteiger charge is -2.29. The van der Waals surface area contributed by atoms with E-state index >= 15 is 0 Å².